The smallest absolute Gasteiger partial charge is 0.308 e. The van der Waals surface area contributed by atoms with Crippen LogP contribution in [0.1, 0.15) is 31.4 Å². The minimum atomic E-state index is -0.437. The van der Waals surface area contributed by atoms with Crippen molar-refractivity contribution in [2.24, 2.45) is 0 Å². The Hall–Kier alpha value is -1.27. The maximum Gasteiger partial charge on any atom is 0.308 e. The first-order chi connectivity index (χ1) is 10.6. The van der Waals surface area contributed by atoms with Crippen LogP contribution >= 0.6 is 24.8 Å². The van der Waals surface area contributed by atoms with Crippen molar-refractivity contribution in [1.82, 2.24) is 10.2 Å². The summed E-state index contributed by atoms with van der Waals surface area (Å²) in [5, 5.41) is 13.4. The molecule has 1 aromatic carbocycles. The minimum Gasteiger partial charge on any atom is -0.504 e. The number of carbonyl (C=O) groups excluding carboxylic acids is 1. The van der Waals surface area contributed by atoms with Gasteiger partial charge in [0.2, 0.25) is 0 Å². The monoisotopic (exact) mass is 376 g/mol. The van der Waals surface area contributed by atoms with Crippen LogP contribution in [-0.4, -0.2) is 42.2 Å². The van der Waals surface area contributed by atoms with Gasteiger partial charge in [0, 0.05) is 39.1 Å². The molecule has 0 unspecified atom stereocenters. The predicted molar refractivity (Wildman–Crippen MR) is 101 cm³/mol. The zero-order chi connectivity index (χ0) is 15.9. The normalized spacial score (nSPS) is 15.5. The molecule has 5 nitrogen and oxygen atoms in total. The first-order valence-electron chi connectivity index (χ1n) is 7.69. The summed E-state index contributed by atoms with van der Waals surface area (Å²) >= 11 is 0. The Bertz CT molecular complexity index is 535. The average Bonchev–Trinajstić information content (AvgIpc) is 2.51. The molecule has 1 fully saturated rings. The lowest BCUT2D eigenvalue weighted by atomic mass is 9.99. The van der Waals surface area contributed by atoms with Crippen LogP contribution in [0.2, 0.25) is 0 Å². The molecular formula is C17H26Cl2N2O3. The Morgan fingerprint density at radius 1 is 1.42 bits per heavy atom. The number of hydrogen-bond acceptors (Lipinski definition) is 5. The second-order valence-electron chi connectivity index (χ2n) is 5.49. The molecule has 1 atom stereocenters. The summed E-state index contributed by atoms with van der Waals surface area (Å²) in [7, 11) is 0. The molecule has 2 N–H and O–H groups in total. The molecule has 1 aromatic rings. The number of rotatable bonds is 6. The van der Waals surface area contributed by atoms with Gasteiger partial charge >= 0.3 is 5.97 Å². The highest BCUT2D eigenvalue weighted by molar-refractivity contribution is 5.85. The van der Waals surface area contributed by atoms with Gasteiger partial charge in [0.05, 0.1) is 0 Å². The molecule has 2 rings (SSSR count). The Balaban J connectivity index is 0.00000264. The van der Waals surface area contributed by atoms with Gasteiger partial charge in [-0.3, -0.25) is 9.69 Å². The maximum atomic E-state index is 11.0. The summed E-state index contributed by atoms with van der Waals surface area (Å²) < 4.78 is 4.98. The molecule has 0 spiro atoms. The van der Waals surface area contributed by atoms with Gasteiger partial charge in [0.15, 0.2) is 11.5 Å². The summed E-state index contributed by atoms with van der Waals surface area (Å²) in [6.45, 7) is 9.03. The Morgan fingerprint density at radius 3 is 2.62 bits per heavy atom. The Labute approximate surface area is 155 Å². The first-order valence-corrected chi connectivity index (χ1v) is 7.69. The minimum absolute atomic E-state index is 0. The van der Waals surface area contributed by atoms with Crippen LogP contribution in [0.3, 0.4) is 0 Å². The summed E-state index contributed by atoms with van der Waals surface area (Å²) in [5.41, 5.74) is 1.04. The number of piperazine rings is 1. The number of phenols is 1. The third-order valence-corrected chi connectivity index (χ3v) is 3.86. The second kappa shape index (κ2) is 11.3. The number of halogens is 2. The molecule has 0 amide bonds. The average molecular weight is 377 g/mol. The summed E-state index contributed by atoms with van der Waals surface area (Å²) in [6, 6.07) is 5.52. The molecule has 1 heterocycles. The lowest BCUT2D eigenvalue weighted by Gasteiger charge is -2.35. The summed E-state index contributed by atoms with van der Waals surface area (Å²) in [5.74, 6) is -0.223. The molecule has 0 aliphatic carbocycles. The molecule has 1 aliphatic heterocycles. The van der Waals surface area contributed by atoms with Crippen molar-refractivity contribution in [3.8, 4) is 11.5 Å². The van der Waals surface area contributed by atoms with Crippen molar-refractivity contribution >= 4 is 30.8 Å². The third-order valence-electron chi connectivity index (χ3n) is 3.86. The topological polar surface area (TPSA) is 61.8 Å². The Morgan fingerprint density at radius 2 is 2.08 bits per heavy atom. The molecule has 136 valence electrons. The van der Waals surface area contributed by atoms with Gasteiger partial charge in [-0.25, -0.2) is 0 Å². The van der Waals surface area contributed by atoms with Crippen LogP contribution in [0.5, 0.6) is 11.5 Å². The number of phenolic OH excluding ortho intramolecular Hbond substituents is 1. The van der Waals surface area contributed by atoms with E-state index in [4.69, 9.17) is 4.74 Å². The number of nitrogens with zero attached hydrogens (tertiary/aromatic N) is 1. The number of ether oxygens (including phenoxy) is 1. The van der Waals surface area contributed by atoms with E-state index in [1.807, 2.05) is 12.1 Å². The molecule has 1 aliphatic rings. The van der Waals surface area contributed by atoms with Crippen molar-refractivity contribution in [2.75, 3.05) is 26.2 Å². The van der Waals surface area contributed by atoms with Gasteiger partial charge in [-0.1, -0.05) is 12.1 Å². The summed E-state index contributed by atoms with van der Waals surface area (Å²) in [4.78, 5) is 13.4. The van der Waals surface area contributed by atoms with Crippen LogP contribution in [0.15, 0.2) is 30.9 Å². The van der Waals surface area contributed by atoms with Crippen LogP contribution in [0.4, 0.5) is 0 Å². The molecule has 0 bridgehead atoms. The van der Waals surface area contributed by atoms with Gasteiger partial charge in [-0.05, 0) is 30.5 Å². The lowest BCUT2D eigenvalue weighted by Crippen LogP contribution is -2.45. The van der Waals surface area contributed by atoms with Crippen molar-refractivity contribution < 1.29 is 14.6 Å². The largest absolute Gasteiger partial charge is 0.504 e. The molecule has 0 saturated carbocycles. The number of carbonyl (C=O) groups is 1. The third kappa shape index (κ3) is 6.32. The van der Waals surface area contributed by atoms with E-state index < -0.39 is 5.97 Å². The zero-order valence-corrected chi connectivity index (χ0v) is 15.5. The number of aromatic hydroxyl groups is 1. The van der Waals surface area contributed by atoms with E-state index in [0.717, 1.165) is 44.6 Å². The van der Waals surface area contributed by atoms with Crippen LogP contribution in [0.25, 0.3) is 0 Å². The van der Waals surface area contributed by atoms with E-state index in [1.54, 1.807) is 12.1 Å². The molecule has 7 heteroatoms. The molecule has 0 radical (unpaired) electrons. The van der Waals surface area contributed by atoms with Crippen molar-refractivity contribution in [2.45, 2.75) is 25.8 Å². The number of nitrogens with one attached hydrogen (secondary N) is 1. The lowest BCUT2D eigenvalue weighted by molar-refractivity contribution is -0.132. The Kier molecular flexibility index (Phi) is 10.7. The highest BCUT2D eigenvalue weighted by atomic mass is 35.5. The van der Waals surface area contributed by atoms with Gasteiger partial charge in [-0.2, -0.15) is 0 Å². The number of benzene rings is 1. The number of allylic oxidation sites excluding steroid dienone is 1. The van der Waals surface area contributed by atoms with E-state index in [2.05, 4.69) is 16.8 Å². The quantitative estimate of drug-likeness (QED) is 0.453. The highest BCUT2D eigenvalue weighted by Gasteiger charge is 2.22. The van der Waals surface area contributed by atoms with Gasteiger partial charge in [-0.15, -0.1) is 31.4 Å². The van der Waals surface area contributed by atoms with Crippen molar-refractivity contribution in [1.29, 1.82) is 0 Å². The molecule has 24 heavy (non-hydrogen) atoms. The first kappa shape index (κ1) is 22.7. The predicted octanol–water partition coefficient (Wildman–Crippen LogP) is 3.07. The van der Waals surface area contributed by atoms with Crippen LogP contribution < -0.4 is 10.1 Å². The van der Waals surface area contributed by atoms with E-state index in [-0.39, 0.29) is 42.4 Å². The van der Waals surface area contributed by atoms with Gasteiger partial charge in [0.25, 0.3) is 0 Å². The van der Waals surface area contributed by atoms with Crippen molar-refractivity contribution in [3.63, 3.8) is 0 Å². The molecule has 0 aromatic heterocycles. The van der Waals surface area contributed by atoms with Crippen LogP contribution in [-0.2, 0) is 4.79 Å². The molecule has 1 saturated heterocycles. The fourth-order valence-corrected chi connectivity index (χ4v) is 2.81. The number of hydrogen-bond donors (Lipinski definition) is 2. The van der Waals surface area contributed by atoms with Crippen LogP contribution in [0, 0.1) is 0 Å². The number of esters is 1. The highest BCUT2D eigenvalue weighted by Crippen LogP contribution is 2.33. The van der Waals surface area contributed by atoms with E-state index in [0.29, 0.717) is 0 Å². The fraction of sp³-hybridized carbons (Fsp3) is 0.471. The second-order valence-corrected chi connectivity index (χ2v) is 5.49. The fourth-order valence-electron chi connectivity index (χ4n) is 2.81. The standard InChI is InChI=1S/C17H24N2O3.2ClH/c1-3-4-5-15(19-10-8-18-9-11-19)14-6-7-17(16(21)12-14)22-13(2)20;;/h3,6-7,12,15,18,21H,1,4-5,8-11H2,2H3;2*1H/t15-;;/m1../s1. The maximum absolute atomic E-state index is 11.0. The van der Waals surface area contributed by atoms with E-state index >= 15 is 0 Å². The summed E-state index contributed by atoms with van der Waals surface area (Å²) in [6.07, 6.45) is 3.79. The zero-order valence-electron chi connectivity index (χ0n) is 13.9. The SMILES string of the molecule is C=CCC[C@H](c1ccc(OC(C)=O)c(O)c1)N1CCNCC1.Cl.Cl. The van der Waals surface area contributed by atoms with Gasteiger partial charge in [0.1, 0.15) is 0 Å². The van der Waals surface area contributed by atoms with E-state index in [1.165, 1.54) is 6.92 Å². The van der Waals surface area contributed by atoms with Crippen molar-refractivity contribution in [3.05, 3.63) is 36.4 Å². The molecular weight excluding hydrogens is 351 g/mol. The van der Waals surface area contributed by atoms with Gasteiger partial charge < -0.3 is 15.2 Å². The van der Waals surface area contributed by atoms with E-state index in [9.17, 15) is 9.90 Å².